The summed E-state index contributed by atoms with van der Waals surface area (Å²) in [6.07, 6.45) is 3.87. The highest BCUT2D eigenvalue weighted by Gasteiger charge is 2.24. The lowest BCUT2D eigenvalue weighted by Crippen LogP contribution is -2.26. The first-order chi connectivity index (χ1) is 4.22. The van der Waals surface area contributed by atoms with Crippen molar-refractivity contribution in [2.24, 2.45) is 5.92 Å². The highest BCUT2D eigenvalue weighted by atomic mass is 32.1. The average molecular weight is 162 g/mol. The zero-order valence-electron chi connectivity index (χ0n) is 5.75. The maximum Gasteiger partial charge on any atom is 0.00529 e. The average Bonchev–Trinajstić information content (AvgIpc) is 1.83. The molecule has 0 saturated heterocycles. The molecule has 0 spiro atoms. The van der Waals surface area contributed by atoms with E-state index >= 15 is 0 Å². The van der Waals surface area contributed by atoms with E-state index in [0.29, 0.717) is 16.4 Å². The van der Waals surface area contributed by atoms with E-state index in [1.165, 1.54) is 19.3 Å². The molecule has 0 N–H and O–H groups in total. The lowest BCUT2D eigenvalue weighted by Gasteiger charge is -2.29. The maximum atomic E-state index is 4.47. The van der Waals surface area contributed by atoms with Crippen LogP contribution in [-0.2, 0) is 0 Å². The Hall–Kier alpha value is 0.700. The van der Waals surface area contributed by atoms with Gasteiger partial charge in [-0.05, 0) is 18.8 Å². The molecule has 1 aliphatic rings. The lowest BCUT2D eigenvalue weighted by molar-refractivity contribution is 0.414. The summed E-state index contributed by atoms with van der Waals surface area (Å²) in [5.41, 5.74) is 0. The molecule has 1 aliphatic carbocycles. The van der Waals surface area contributed by atoms with Crippen LogP contribution in [0.15, 0.2) is 0 Å². The molecule has 0 aromatic heterocycles. The van der Waals surface area contributed by atoms with E-state index in [-0.39, 0.29) is 0 Å². The second-order valence-corrected chi connectivity index (χ2v) is 4.25. The van der Waals surface area contributed by atoms with Gasteiger partial charge in [-0.3, -0.25) is 0 Å². The van der Waals surface area contributed by atoms with Gasteiger partial charge in [-0.1, -0.05) is 13.3 Å². The first kappa shape index (κ1) is 7.80. The first-order valence-electron chi connectivity index (χ1n) is 3.58. The normalized spacial score (nSPS) is 45.0. The van der Waals surface area contributed by atoms with E-state index in [0.717, 1.165) is 0 Å². The summed E-state index contributed by atoms with van der Waals surface area (Å²) in [5, 5.41) is 1.20. The summed E-state index contributed by atoms with van der Waals surface area (Å²) < 4.78 is 0. The Morgan fingerprint density at radius 2 is 1.56 bits per heavy atom. The lowest BCUT2D eigenvalue weighted by atomic mass is 9.90. The van der Waals surface area contributed by atoms with Gasteiger partial charge in [0.2, 0.25) is 0 Å². The van der Waals surface area contributed by atoms with Crippen LogP contribution < -0.4 is 0 Å². The van der Waals surface area contributed by atoms with E-state index in [1.807, 2.05) is 0 Å². The van der Waals surface area contributed by atoms with E-state index < -0.39 is 0 Å². The van der Waals surface area contributed by atoms with E-state index in [2.05, 4.69) is 32.2 Å². The molecule has 54 valence electrons. The number of hydrogen-bond acceptors (Lipinski definition) is 2. The summed E-state index contributed by atoms with van der Waals surface area (Å²) in [5.74, 6) is 0.699. The topological polar surface area (TPSA) is 0 Å². The van der Waals surface area contributed by atoms with Gasteiger partial charge in [-0.25, -0.2) is 0 Å². The van der Waals surface area contributed by atoms with Crippen LogP contribution in [0.5, 0.6) is 0 Å². The Kier molecular flexibility index (Phi) is 2.77. The molecule has 0 nitrogen and oxygen atoms in total. The molecular weight excluding hydrogens is 148 g/mol. The van der Waals surface area contributed by atoms with Crippen LogP contribution in [0.3, 0.4) is 0 Å². The molecule has 1 rings (SSSR count). The van der Waals surface area contributed by atoms with Gasteiger partial charge < -0.3 is 0 Å². The quantitative estimate of drug-likeness (QED) is 0.502. The summed E-state index contributed by atoms with van der Waals surface area (Å²) in [6.45, 7) is 2.24. The molecule has 2 heteroatoms. The van der Waals surface area contributed by atoms with Gasteiger partial charge in [0.15, 0.2) is 0 Å². The fourth-order valence-electron chi connectivity index (χ4n) is 1.32. The van der Waals surface area contributed by atoms with Gasteiger partial charge in [0.1, 0.15) is 0 Å². The van der Waals surface area contributed by atoms with Gasteiger partial charge in [-0.2, -0.15) is 25.3 Å². The molecule has 2 unspecified atom stereocenters. The Morgan fingerprint density at radius 1 is 1.11 bits per heavy atom. The molecule has 2 atom stereocenters. The third-order valence-electron chi connectivity index (χ3n) is 2.21. The fourth-order valence-corrected chi connectivity index (χ4v) is 2.23. The van der Waals surface area contributed by atoms with Crippen molar-refractivity contribution in [2.45, 2.75) is 36.7 Å². The van der Waals surface area contributed by atoms with Crippen molar-refractivity contribution < 1.29 is 0 Å². The highest BCUT2D eigenvalue weighted by Crippen LogP contribution is 2.31. The molecule has 1 fully saturated rings. The second-order valence-electron chi connectivity index (χ2n) is 2.92. The van der Waals surface area contributed by atoms with Gasteiger partial charge in [-0.15, -0.1) is 0 Å². The van der Waals surface area contributed by atoms with Crippen molar-refractivity contribution in [1.29, 1.82) is 0 Å². The largest absolute Gasteiger partial charge is 0.176 e. The van der Waals surface area contributed by atoms with Crippen LogP contribution >= 0.6 is 25.3 Å². The van der Waals surface area contributed by atoms with Gasteiger partial charge in [0.25, 0.3) is 0 Å². The molecule has 0 amide bonds. The van der Waals surface area contributed by atoms with Gasteiger partial charge >= 0.3 is 0 Å². The zero-order chi connectivity index (χ0) is 6.85. The molecule has 0 heterocycles. The molecule has 0 aromatic rings. The van der Waals surface area contributed by atoms with Crippen molar-refractivity contribution in [3.63, 3.8) is 0 Å². The molecular formula is C7H14S2. The third kappa shape index (κ3) is 1.81. The summed E-state index contributed by atoms with van der Waals surface area (Å²) >= 11 is 8.93. The van der Waals surface area contributed by atoms with Gasteiger partial charge in [0, 0.05) is 10.5 Å². The Balaban J connectivity index is 2.41. The monoisotopic (exact) mass is 162 g/mol. The van der Waals surface area contributed by atoms with Crippen molar-refractivity contribution in [3.05, 3.63) is 0 Å². The van der Waals surface area contributed by atoms with E-state index in [1.54, 1.807) is 0 Å². The smallest absolute Gasteiger partial charge is 0.00529 e. The minimum Gasteiger partial charge on any atom is -0.176 e. The first-order valence-corrected chi connectivity index (χ1v) is 4.61. The summed E-state index contributed by atoms with van der Waals surface area (Å²) in [4.78, 5) is 0. The van der Waals surface area contributed by atoms with Crippen LogP contribution in [0.2, 0.25) is 0 Å². The van der Waals surface area contributed by atoms with Crippen LogP contribution in [-0.4, -0.2) is 10.5 Å². The van der Waals surface area contributed by atoms with Crippen LogP contribution in [0, 0.1) is 5.92 Å². The van der Waals surface area contributed by atoms with Crippen LogP contribution in [0.4, 0.5) is 0 Å². The fraction of sp³-hybridized carbons (Fsp3) is 1.00. The number of hydrogen-bond donors (Lipinski definition) is 2. The minimum atomic E-state index is 0.598. The second kappa shape index (κ2) is 3.20. The van der Waals surface area contributed by atoms with E-state index in [4.69, 9.17) is 0 Å². The van der Waals surface area contributed by atoms with Crippen LogP contribution in [0.1, 0.15) is 26.2 Å². The van der Waals surface area contributed by atoms with E-state index in [9.17, 15) is 0 Å². The third-order valence-corrected chi connectivity index (χ3v) is 3.67. The number of thiol groups is 2. The standard InChI is InChI=1S/C7H14S2/c1-5-6(8)3-2-4-7(5)9/h5-9H,2-4H2,1H3. The number of rotatable bonds is 0. The SMILES string of the molecule is CC1C(S)CCCC1S. The van der Waals surface area contributed by atoms with Crippen molar-refractivity contribution >= 4 is 25.3 Å². The van der Waals surface area contributed by atoms with Crippen molar-refractivity contribution in [1.82, 2.24) is 0 Å². The van der Waals surface area contributed by atoms with Crippen molar-refractivity contribution in [3.8, 4) is 0 Å². The molecule has 0 aliphatic heterocycles. The highest BCUT2D eigenvalue weighted by molar-refractivity contribution is 7.82. The molecule has 0 aromatic carbocycles. The summed E-state index contributed by atoms with van der Waals surface area (Å²) in [6, 6.07) is 0. The van der Waals surface area contributed by atoms with Gasteiger partial charge in [0.05, 0.1) is 0 Å². The maximum absolute atomic E-state index is 4.47. The molecule has 9 heavy (non-hydrogen) atoms. The van der Waals surface area contributed by atoms with Crippen LogP contribution in [0.25, 0.3) is 0 Å². The predicted octanol–water partition coefficient (Wildman–Crippen LogP) is 2.40. The molecule has 0 bridgehead atoms. The Bertz CT molecular complexity index is 82.9. The minimum absolute atomic E-state index is 0.598. The Morgan fingerprint density at radius 3 is 1.89 bits per heavy atom. The summed E-state index contributed by atoms with van der Waals surface area (Å²) in [7, 11) is 0. The Labute approximate surface area is 68.2 Å². The predicted molar refractivity (Wildman–Crippen MR) is 48.6 cm³/mol. The molecule has 0 radical (unpaired) electrons. The van der Waals surface area contributed by atoms with Crippen molar-refractivity contribution in [2.75, 3.05) is 0 Å². The zero-order valence-corrected chi connectivity index (χ0v) is 7.54. The molecule has 1 saturated carbocycles.